The number of unbranched alkanes of at least 4 members (excludes halogenated alkanes) is 2. The maximum absolute atomic E-state index is 6.38. The van der Waals surface area contributed by atoms with E-state index < -0.39 is 25.7 Å². The molecule has 3 unspecified atom stereocenters. The maximum atomic E-state index is 6.38. The van der Waals surface area contributed by atoms with Crippen LogP contribution in [-0.4, -0.2) is 49.8 Å². The van der Waals surface area contributed by atoms with E-state index in [0.29, 0.717) is 5.92 Å². The van der Waals surface area contributed by atoms with Gasteiger partial charge in [-0.3, -0.25) is 0 Å². The van der Waals surface area contributed by atoms with Crippen LogP contribution in [0.2, 0.25) is 45.3 Å². The Bertz CT molecular complexity index is 1240. The van der Waals surface area contributed by atoms with Crippen molar-refractivity contribution in [3.8, 4) is 0 Å². The molecule has 0 aliphatic heterocycles. The van der Waals surface area contributed by atoms with Crippen LogP contribution < -0.4 is 15.6 Å². The van der Waals surface area contributed by atoms with Gasteiger partial charge in [-0.05, 0) is 58.2 Å². The summed E-state index contributed by atoms with van der Waals surface area (Å²) in [7, 11) is -3.06. The lowest BCUT2D eigenvalue weighted by Crippen LogP contribution is -2.47. The summed E-state index contributed by atoms with van der Waals surface area (Å²) in [5.41, 5.74) is 1.26. The number of rotatable bonds is 15. The predicted molar refractivity (Wildman–Crippen MR) is 218 cm³/mol. The smallest absolute Gasteiger partial charge is 0.143 e. The molecule has 2 aliphatic carbocycles. The number of halogens is 4. The van der Waals surface area contributed by atoms with Crippen LogP contribution >= 0.6 is 63.7 Å². The van der Waals surface area contributed by atoms with Crippen molar-refractivity contribution in [3.63, 3.8) is 0 Å². The molecule has 0 heterocycles. The Kier molecular flexibility index (Phi) is 15.3. The Morgan fingerprint density at radius 3 is 2.09 bits per heavy atom. The molecule has 3 rings (SSSR count). The van der Waals surface area contributed by atoms with E-state index >= 15 is 0 Å². The van der Waals surface area contributed by atoms with Crippen molar-refractivity contribution in [2.75, 3.05) is 13.2 Å². The van der Waals surface area contributed by atoms with Crippen molar-refractivity contribution in [2.24, 2.45) is 11.3 Å². The van der Waals surface area contributed by atoms with E-state index in [1.165, 1.54) is 24.5 Å². The second kappa shape index (κ2) is 17.3. The SMILES string of the molecule is CCCOC1C(Br)=CC(C(C)(C)C2C=C(Br)C(OCCCCC[Si](C)(C)c3cc([SiH](C)C)cc([SiH](C)C)c3)=C(Br)C2)=CC1Br. The van der Waals surface area contributed by atoms with Gasteiger partial charge in [0.2, 0.25) is 0 Å². The van der Waals surface area contributed by atoms with Gasteiger partial charge in [0, 0.05) is 15.6 Å². The fourth-order valence-corrected chi connectivity index (χ4v) is 14.5. The van der Waals surface area contributed by atoms with Crippen molar-refractivity contribution < 1.29 is 9.47 Å². The quantitative estimate of drug-likeness (QED) is 0.0992. The molecule has 2 nitrogen and oxygen atoms in total. The molecule has 2 aliphatic rings. The summed E-state index contributed by atoms with van der Waals surface area (Å²) in [4.78, 5) is 0.149. The van der Waals surface area contributed by atoms with Crippen LogP contribution in [0.3, 0.4) is 0 Å². The minimum Gasteiger partial charge on any atom is -0.492 e. The minimum atomic E-state index is -1.46. The molecule has 0 bridgehead atoms. The molecule has 0 radical (unpaired) electrons. The van der Waals surface area contributed by atoms with E-state index in [-0.39, 0.29) is 16.3 Å². The molecule has 0 amide bonds. The highest BCUT2D eigenvalue weighted by molar-refractivity contribution is 9.12. The number of ether oxygens (including phenoxy) is 2. The van der Waals surface area contributed by atoms with Crippen LogP contribution in [0.15, 0.2) is 61.2 Å². The number of allylic oxidation sites excluding steroid dienone is 5. The third kappa shape index (κ3) is 10.3. The summed E-state index contributed by atoms with van der Waals surface area (Å²) < 4.78 is 15.8. The average molecular weight is 911 g/mol. The summed E-state index contributed by atoms with van der Waals surface area (Å²) in [6.07, 6.45) is 12.5. The van der Waals surface area contributed by atoms with Gasteiger partial charge in [-0.1, -0.05) is 173 Å². The molecule has 0 aromatic heterocycles. The van der Waals surface area contributed by atoms with Gasteiger partial charge in [0.05, 0.1) is 41.6 Å². The highest BCUT2D eigenvalue weighted by Gasteiger charge is 2.38. The van der Waals surface area contributed by atoms with Crippen molar-refractivity contribution in [3.05, 3.63) is 61.2 Å². The summed E-state index contributed by atoms with van der Waals surface area (Å²) in [5, 5.41) is 5.02. The Balaban J connectivity index is 1.54. The molecular formula is C35H54Br4O2Si3. The average Bonchev–Trinajstić information content (AvgIpc) is 2.95. The number of benzene rings is 1. The van der Waals surface area contributed by atoms with Crippen molar-refractivity contribution in [1.82, 2.24) is 0 Å². The van der Waals surface area contributed by atoms with E-state index in [1.54, 1.807) is 15.6 Å². The molecule has 1 aromatic carbocycles. The van der Waals surface area contributed by atoms with Crippen molar-refractivity contribution in [2.45, 2.75) is 109 Å². The van der Waals surface area contributed by atoms with Gasteiger partial charge >= 0.3 is 0 Å². The van der Waals surface area contributed by atoms with Gasteiger partial charge < -0.3 is 9.47 Å². The Labute approximate surface area is 306 Å². The van der Waals surface area contributed by atoms with Crippen LogP contribution in [0.5, 0.6) is 0 Å². The number of hydrogen-bond donors (Lipinski definition) is 0. The Morgan fingerprint density at radius 2 is 1.55 bits per heavy atom. The molecular weight excluding hydrogens is 856 g/mol. The van der Waals surface area contributed by atoms with Crippen LogP contribution in [-0.2, 0) is 9.47 Å². The molecule has 9 heteroatoms. The summed E-state index contributed by atoms with van der Waals surface area (Å²) in [6.45, 7) is 23.4. The monoisotopic (exact) mass is 906 g/mol. The van der Waals surface area contributed by atoms with Gasteiger partial charge in [-0.25, -0.2) is 0 Å². The highest BCUT2D eigenvalue weighted by atomic mass is 79.9. The summed E-state index contributed by atoms with van der Waals surface area (Å²) in [6, 6.07) is 9.08. The Hall–Kier alpha value is 0.511. The molecule has 3 atom stereocenters. The van der Waals surface area contributed by atoms with E-state index in [4.69, 9.17) is 9.47 Å². The molecule has 246 valence electrons. The van der Waals surface area contributed by atoms with E-state index in [1.807, 2.05) is 0 Å². The van der Waals surface area contributed by atoms with Crippen LogP contribution in [0.4, 0.5) is 0 Å². The van der Waals surface area contributed by atoms with Gasteiger partial charge in [-0.2, -0.15) is 0 Å². The molecule has 44 heavy (non-hydrogen) atoms. The van der Waals surface area contributed by atoms with E-state index in [9.17, 15) is 0 Å². The Morgan fingerprint density at radius 1 is 0.909 bits per heavy atom. The topological polar surface area (TPSA) is 18.5 Å². The molecule has 0 saturated carbocycles. The van der Waals surface area contributed by atoms with E-state index in [2.05, 4.69) is 160 Å². The summed E-state index contributed by atoms with van der Waals surface area (Å²) in [5.74, 6) is 1.30. The standard InChI is InChI=1S/C35H54Br4O2Si3/c1-10-14-40-33-29(36)17-24(18-30(33)37)35(2,3)25-19-31(38)34(32(39)20-25)41-15-12-11-13-16-44(8,9)28-22-26(42(4)5)21-27(23-28)43(6)7/h17-19,21-23,25,29,33,42-43H,10-16,20H2,1-9H3. The van der Waals surface area contributed by atoms with Crippen LogP contribution in [0.1, 0.15) is 52.9 Å². The molecule has 0 spiro atoms. The van der Waals surface area contributed by atoms with E-state index in [0.717, 1.165) is 51.7 Å². The number of alkyl halides is 1. The second-order valence-electron chi connectivity index (χ2n) is 14.4. The second-order valence-corrected chi connectivity index (χ2v) is 29.0. The first-order chi connectivity index (χ1) is 20.6. The lowest BCUT2D eigenvalue weighted by Gasteiger charge is -2.39. The minimum absolute atomic E-state index is 0.0278. The molecule has 0 N–H and O–H groups in total. The van der Waals surface area contributed by atoms with Gasteiger partial charge in [0.25, 0.3) is 0 Å². The zero-order chi connectivity index (χ0) is 32.8. The lowest BCUT2D eigenvalue weighted by atomic mass is 9.69. The van der Waals surface area contributed by atoms with Crippen LogP contribution in [0.25, 0.3) is 0 Å². The zero-order valence-electron chi connectivity index (χ0n) is 28.3. The van der Waals surface area contributed by atoms with Gasteiger partial charge in [-0.15, -0.1) is 0 Å². The van der Waals surface area contributed by atoms with Crippen molar-refractivity contribution in [1.29, 1.82) is 0 Å². The first-order valence-corrected chi connectivity index (χ1v) is 28.8. The lowest BCUT2D eigenvalue weighted by molar-refractivity contribution is 0.0884. The third-order valence-electron chi connectivity index (χ3n) is 9.36. The fraction of sp³-hybridized carbons (Fsp3) is 0.600. The normalized spacial score (nSPS) is 21.5. The molecule has 0 fully saturated rings. The van der Waals surface area contributed by atoms with Gasteiger partial charge in [0.15, 0.2) is 0 Å². The first-order valence-electron chi connectivity index (χ1n) is 16.5. The molecule has 1 aromatic rings. The first kappa shape index (κ1) is 39.0. The van der Waals surface area contributed by atoms with Crippen molar-refractivity contribution >= 4 is 105 Å². The highest BCUT2D eigenvalue weighted by Crippen LogP contribution is 2.49. The largest absolute Gasteiger partial charge is 0.492 e. The number of hydrogen-bond acceptors (Lipinski definition) is 2. The zero-order valence-corrected chi connectivity index (χ0v) is 38.0. The predicted octanol–water partition coefficient (Wildman–Crippen LogP) is 9.89. The van der Waals surface area contributed by atoms with Gasteiger partial charge in [0.1, 0.15) is 11.9 Å². The third-order valence-corrected chi connectivity index (χ3v) is 18.9. The fourth-order valence-electron chi connectivity index (χ4n) is 5.96. The molecule has 0 saturated heterocycles. The maximum Gasteiger partial charge on any atom is 0.143 e. The van der Waals surface area contributed by atoms with Crippen LogP contribution in [0, 0.1) is 11.3 Å². The summed E-state index contributed by atoms with van der Waals surface area (Å²) >= 11 is 15.4.